The van der Waals surface area contributed by atoms with Crippen LogP contribution in [-0.2, 0) is 6.54 Å². The van der Waals surface area contributed by atoms with Gasteiger partial charge in [-0.15, -0.1) is 0 Å². The van der Waals surface area contributed by atoms with E-state index in [0.717, 1.165) is 37.3 Å². The number of nitrogens with two attached hydrogens (primary N) is 1. The van der Waals surface area contributed by atoms with Crippen molar-refractivity contribution < 1.29 is 0 Å². The van der Waals surface area contributed by atoms with Crippen LogP contribution in [0.1, 0.15) is 17.5 Å². The van der Waals surface area contributed by atoms with Gasteiger partial charge in [0.2, 0.25) is 5.95 Å². The average molecular weight is 365 g/mol. The van der Waals surface area contributed by atoms with E-state index >= 15 is 0 Å². The molecule has 0 amide bonds. The van der Waals surface area contributed by atoms with Crippen LogP contribution in [0.5, 0.6) is 0 Å². The Kier molecular flexibility index (Phi) is 6.51. The van der Waals surface area contributed by atoms with E-state index < -0.39 is 0 Å². The highest BCUT2D eigenvalue weighted by Gasteiger charge is 2.12. The third kappa shape index (κ3) is 5.12. The molecule has 1 saturated heterocycles. The van der Waals surface area contributed by atoms with Crippen molar-refractivity contribution in [1.82, 2.24) is 20.6 Å². The standard InChI is InChI=1S/C20H27N7/c1-14-9-15(3-4-16(14)11-22-2)19-6-8-24-20(27-19)26-18(10-21)13-25-17-5-7-23-12-17/h3-4,6,8-10,13,17,22-23H,5,7,11-12,21H2,1-2H3,(H,24,26,27). The number of allylic oxidation sites excluding steroid dienone is 1. The summed E-state index contributed by atoms with van der Waals surface area (Å²) in [5, 5.41) is 9.62. The topological polar surface area (TPSA) is 100 Å². The molecule has 0 spiro atoms. The van der Waals surface area contributed by atoms with Crippen molar-refractivity contribution in [2.75, 3.05) is 25.5 Å². The van der Waals surface area contributed by atoms with Crippen molar-refractivity contribution in [1.29, 1.82) is 0 Å². The molecule has 0 radical (unpaired) electrons. The summed E-state index contributed by atoms with van der Waals surface area (Å²) in [5.74, 6) is 0.497. The highest BCUT2D eigenvalue weighted by molar-refractivity contribution is 5.82. The second-order valence-electron chi connectivity index (χ2n) is 6.61. The summed E-state index contributed by atoms with van der Waals surface area (Å²) < 4.78 is 0. The molecule has 0 bridgehead atoms. The first kappa shape index (κ1) is 19.0. The van der Waals surface area contributed by atoms with Crippen LogP contribution in [0.15, 0.2) is 47.4 Å². The minimum Gasteiger partial charge on any atom is -0.403 e. The van der Waals surface area contributed by atoms with Gasteiger partial charge >= 0.3 is 0 Å². The average Bonchev–Trinajstić information content (AvgIpc) is 3.20. The Bertz CT molecular complexity index is 823. The molecular formula is C20H27N7. The van der Waals surface area contributed by atoms with E-state index in [4.69, 9.17) is 5.73 Å². The lowest BCUT2D eigenvalue weighted by atomic mass is 10.0. The van der Waals surface area contributed by atoms with Crippen LogP contribution in [-0.4, -0.2) is 42.4 Å². The zero-order chi connectivity index (χ0) is 19.1. The van der Waals surface area contributed by atoms with Gasteiger partial charge in [0.1, 0.15) is 0 Å². The molecule has 1 aliphatic heterocycles. The molecule has 3 rings (SSSR count). The molecular weight excluding hydrogens is 338 g/mol. The predicted molar refractivity (Wildman–Crippen MR) is 111 cm³/mol. The first-order valence-corrected chi connectivity index (χ1v) is 9.20. The smallest absolute Gasteiger partial charge is 0.227 e. The third-order valence-corrected chi connectivity index (χ3v) is 4.56. The summed E-state index contributed by atoms with van der Waals surface area (Å²) in [6.07, 6.45) is 6.03. The Hall–Kier alpha value is -2.77. The van der Waals surface area contributed by atoms with Gasteiger partial charge in [0.05, 0.1) is 17.4 Å². The molecule has 2 heterocycles. The van der Waals surface area contributed by atoms with Gasteiger partial charge in [-0.05, 0) is 50.2 Å². The summed E-state index contributed by atoms with van der Waals surface area (Å²) in [4.78, 5) is 13.5. The molecule has 0 saturated carbocycles. The maximum Gasteiger partial charge on any atom is 0.227 e. The molecule has 5 N–H and O–H groups in total. The number of hydrogen-bond donors (Lipinski definition) is 4. The van der Waals surface area contributed by atoms with Gasteiger partial charge in [0.15, 0.2) is 0 Å². The lowest BCUT2D eigenvalue weighted by molar-refractivity contribution is 0.748. The first-order valence-electron chi connectivity index (χ1n) is 9.20. The van der Waals surface area contributed by atoms with E-state index in [1.807, 2.05) is 13.1 Å². The number of benzene rings is 1. The molecule has 7 nitrogen and oxygen atoms in total. The molecule has 1 aliphatic rings. The second-order valence-corrected chi connectivity index (χ2v) is 6.61. The Balaban J connectivity index is 1.74. The van der Waals surface area contributed by atoms with Crippen LogP contribution in [0.4, 0.5) is 5.95 Å². The number of aliphatic imine (C=N–C) groups is 1. The predicted octanol–water partition coefficient (Wildman–Crippen LogP) is 1.82. The molecule has 1 fully saturated rings. The molecule has 142 valence electrons. The summed E-state index contributed by atoms with van der Waals surface area (Å²) in [6, 6.07) is 8.56. The Morgan fingerprint density at radius 1 is 1.41 bits per heavy atom. The molecule has 27 heavy (non-hydrogen) atoms. The fourth-order valence-electron chi connectivity index (χ4n) is 3.02. The molecule has 1 unspecified atom stereocenters. The van der Waals surface area contributed by atoms with Gasteiger partial charge < -0.3 is 21.7 Å². The molecule has 1 aromatic heterocycles. The SMILES string of the molecule is CNCc1ccc(-c2ccnc(NC(C=NC3CCNC3)=CN)n2)cc1C. The molecule has 1 aromatic carbocycles. The summed E-state index contributed by atoms with van der Waals surface area (Å²) >= 11 is 0. The van der Waals surface area contributed by atoms with E-state index in [0.29, 0.717) is 17.7 Å². The van der Waals surface area contributed by atoms with Crippen LogP contribution >= 0.6 is 0 Å². The minimum atomic E-state index is 0.299. The third-order valence-electron chi connectivity index (χ3n) is 4.56. The van der Waals surface area contributed by atoms with Crippen molar-refractivity contribution in [3.05, 3.63) is 53.5 Å². The second kappa shape index (κ2) is 9.25. The Morgan fingerprint density at radius 3 is 3.00 bits per heavy atom. The van der Waals surface area contributed by atoms with Crippen molar-refractivity contribution in [3.8, 4) is 11.3 Å². The van der Waals surface area contributed by atoms with Crippen LogP contribution in [0.25, 0.3) is 11.3 Å². The number of anilines is 1. The van der Waals surface area contributed by atoms with E-state index in [1.165, 1.54) is 17.3 Å². The Labute approximate surface area is 160 Å². The van der Waals surface area contributed by atoms with Gasteiger partial charge in [0, 0.05) is 37.3 Å². The van der Waals surface area contributed by atoms with Crippen LogP contribution in [0, 0.1) is 6.92 Å². The molecule has 2 aromatic rings. The van der Waals surface area contributed by atoms with Gasteiger partial charge in [0.25, 0.3) is 0 Å². The normalized spacial score (nSPS) is 17.6. The summed E-state index contributed by atoms with van der Waals surface area (Å²) in [7, 11) is 1.95. The molecule has 1 atom stereocenters. The van der Waals surface area contributed by atoms with Crippen LogP contribution in [0.2, 0.25) is 0 Å². The highest BCUT2D eigenvalue weighted by atomic mass is 15.1. The zero-order valence-corrected chi connectivity index (χ0v) is 15.9. The lowest BCUT2D eigenvalue weighted by Gasteiger charge is -2.10. The van der Waals surface area contributed by atoms with Gasteiger partial charge in [-0.2, -0.15) is 0 Å². The fraction of sp³-hybridized carbons (Fsp3) is 0.350. The number of nitrogens with one attached hydrogen (secondary N) is 3. The number of hydrogen-bond acceptors (Lipinski definition) is 7. The quantitative estimate of drug-likeness (QED) is 0.559. The van der Waals surface area contributed by atoms with Gasteiger partial charge in [-0.1, -0.05) is 12.1 Å². The van der Waals surface area contributed by atoms with Crippen LogP contribution < -0.4 is 21.7 Å². The Morgan fingerprint density at radius 2 is 2.30 bits per heavy atom. The minimum absolute atomic E-state index is 0.299. The number of nitrogens with zero attached hydrogens (tertiary/aromatic N) is 3. The van der Waals surface area contributed by atoms with E-state index in [1.54, 1.807) is 12.4 Å². The van der Waals surface area contributed by atoms with Crippen molar-refractivity contribution >= 4 is 12.2 Å². The van der Waals surface area contributed by atoms with E-state index in [2.05, 4.69) is 56.0 Å². The maximum atomic E-state index is 5.73. The summed E-state index contributed by atoms with van der Waals surface area (Å²) in [5.41, 5.74) is 10.8. The lowest BCUT2D eigenvalue weighted by Crippen LogP contribution is -2.13. The fourth-order valence-corrected chi connectivity index (χ4v) is 3.02. The highest BCUT2D eigenvalue weighted by Crippen LogP contribution is 2.21. The molecule has 0 aliphatic carbocycles. The van der Waals surface area contributed by atoms with E-state index in [-0.39, 0.29) is 0 Å². The number of aromatic nitrogens is 2. The summed E-state index contributed by atoms with van der Waals surface area (Å²) in [6.45, 7) is 4.88. The maximum absolute atomic E-state index is 5.73. The van der Waals surface area contributed by atoms with Crippen molar-refractivity contribution in [2.24, 2.45) is 10.7 Å². The van der Waals surface area contributed by atoms with Crippen molar-refractivity contribution in [3.63, 3.8) is 0 Å². The van der Waals surface area contributed by atoms with Gasteiger partial charge in [-0.3, -0.25) is 4.99 Å². The number of rotatable bonds is 7. The van der Waals surface area contributed by atoms with Gasteiger partial charge in [-0.25, -0.2) is 9.97 Å². The first-order chi connectivity index (χ1) is 13.2. The monoisotopic (exact) mass is 365 g/mol. The largest absolute Gasteiger partial charge is 0.403 e. The number of aryl methyl sites for hydroxylation is 1. The molecule has 7 heteroatoms. The van der Waals surface area contributed by atoms with Crippen LogP contribution in [0.3, 0.4) is 0 Å². The van der Waals surface area contributed by atoms with Crippen molar-refractivity contribution in [2.45, 2.75) is 25.9 Å². The van der Waals surface area contributed by atoms with E-state index in [9.17, 15) is 0 Å². The zero-order valence-electron chi connectivity index (χ0n) is 15.9.